The Morgan fingerprint density at radius 3 is 2.87 bits per heavy atom. The standard InChI is InChI=1S/C12H12N2O/c1-8(2)15-10-3-4-12-11(5-10)9(6-13)7-14-12/h3-5,7-8,14H,1-2H3. The van der Waals surface area contributed by atoms with E-state index >= 15 is 0 Å². The Hall–Kier alpha value is -1.95. The number of nitriles is 1. The lowest BCUT2D eigenvalue weighted by molar-refractivity contribution is 0.243. The van der Waals surface area contributed by atoms with Crippen LogP contribution in [0.4, 0.5) is 0 Å². The van der Waals surface area contributed by atoms with Gasteiger partial charge < -0.3 is 9.72 Å². The summed E-state index contributed by atoms with van der Waals surface area (Å²) in [5.41, 5.74) is 1.61. The van der Waals surface area contributed by atoms with Crippen LogP contribution in [0.1, 0.15) is 19.4 Å². The highest BCUT2D eigenvalue weighted by atomic mass is 16.5. The van der Waals surface area contributed by atoms with Crippen molar-refractivity contribution >= 4 is 10.9 Å². The molecule has 0 aliphatic rings. The Kier molecular flexibility index (Phi) is 2.34. The van der Waals surface area contributed by atoms with E-state index in [1.165, 1.54) is 0 Å². The van der Waals surface area contributed by atoms with E-state index in [0.29, 0.717) is 5.56 Å². The van der Waals surface area contributed by atoms with Crippen molar-refractivity contribution in [3.05, 3.63) is 30.0 Å². The Morgan fingerprint density at radius 2 is 2.20 bits per heavy atom. The van der Waals surface area contributed by atoms with Gasteiger partial charge in [0.05, 0.1) is 11.7 Å². The number of ether oxygens (including phenoxy) is 1. The van der Waals surface area contributed by atoms with Crippen LogP contribution >= 0.6 is 0 Å². The number of rotatable bonds is 2. The molecule has 0 fully saturated rings. The number of fused-ring (bicyclic) bond motifs is 1. The molecular formula is C12H12N2O. The van der Waals surface area contributed by atoms with E-state index in [1.807, 2.05) is 32.0 Å². The molecule has 0 amide bonds. The van der Waals surface area contributed by atoms with Crippen LogP contribution in [-0.4, -0.2) is 11.1 Å². The summed E-state index contributed by atoms with van der Waals surface area (Å²) in [5.74, 6) is 0.800. The molecule has 3 nitrogen and oxygen atoms in total. The fourth-order valence-corrected chi connectivity index (χ4v) is 1.54. The molecule has 1 heterocycles. The van der Waals surface area contributed by atoms with Crippen LogP contribution in [0.25, 0.3) is 10.9 Å². The lowest BCUT2D eigenvalue weighted by atomic mass is 10.2. The molecule has 0 radical (unpaired) electrons. The van der Waals surface area contributed by atoms with Crippen molar-refractivity contribution in [2.45, 2.75) is 20.0 Å². The Bertz CT molecular complexity index is 520. The largest absolute Gasteiger partial charge is 0.491 e. The maximum atomic E-state index is 8.89. The fraction of sp³-hybridized carbons (Fsp3) is 0.250. The molecule has 1 aromatic heterocycles. The topological polar surface area (TPSA) is 48.8 Å². The highest BCUT2D eigenvalue weighted by molar-refractivity contribution is 5.86. The molecule has 0 aliphatic carbocycles. The van der Waals surface area contributed by atoms with Gasteiger partial charge in [-0.25, -0.2) is 0 Å². The SMILES string of the molecule is CC(C)Oc1ccc2[nH]cc(C#N)c2c1. The molecule has 2 aromatic rings. The molecule has 76 valence electrons. The minimum absolute atomic E-state index is 0.145. The molecule has 1 aromatic carbocycles. The van der Waals surface area contributed by atoms with E-state index in [2.05, 4.69) is 11.1 Å². The number of aromatic amines is 1. The molecule has 0 bridgehead atoms. The van der Waals surface area contributed by atoms with Crippen LogP contribution in [0.5, 0.6) is 5.75 Å². The Morgan fingerprint density at radius 1 is 1.40 bits per heavy atom. The molecule has 15 heavy (non-hydrogen) atoms. The third-order valence-corrected chi connectivity index (χ3v) is 2.15. The van der Waals surface area contributed by atoms with Crippen molar-refractivity contribution in [3.8, 4) is 11.8 Å². The van der Waals surface area contributed by atoms with E-state index in [9.17, 15) is 0 Å². The maximum Gasteiger partial charge on any atom is 0.120 e. The zero-order chi connectivity index (χ0) is 10.8. The van der Waals surface area contributed by atoms with Gasteiger partial charge in [-0.3, -0.25) is 0 Å². The summed E-state index contributed by atoms with van der Waals surface area (Å²) >= 11 is 0. The molecular weight excluding hydrogens is 188 g/mol. The van der Waals surface area contributed by atoms with Crippen LogP contribution in [0, 0.1) is 11.3 Å². The van der Waals surface area contributed by atoms with Crippen LogP contribution in [0.3, 0.4) is 0 Å². The van der Waals surface area contributed by atoms with E-state index in [1.54, 1.807) is 6.20 Å². The first-order valence-electron chi connectivity index (χ1n) is 4.88. The zero-order valence-electron chi connectivity index (χ0n) is 8.74. The van der Waals surface area contributed by atoms with Crippen molar-refractivity contribution in [3.63, 3.8) is 0 Å². The van der Waals surface area contributed by atoms with Crippen molar-refractivity contribution in [2.24, 2.45) is 0 Å². The van der Waals surface area contributed by atoms with Gasteiger partial charge in [0, 0.05) is 17.1 Å². The minimum Gasteiger partial charge on any atom is -0.491 e. The third-order valence-electron chi connectivity index (χ3n) is 2.15. The summed E-state index contributed by atoms with van der Waals surface area (Å²) in [4.78, 5) is 3.04. The van der Waals surface area contributed by atoms with Gasteiger partial charge in [0.2, 0.25) is 0 Å². The summed E-state index contributed by atoms with van der Waals surface area (Å²) < 4.78 is 5.57. The van der Waals surface area contributed by atoms with Gasteiger partial charge >= 0.3 is 0 Å². The van der Waals surface area contributed by atoms with Gasteiger partial charge in [-0.2, -0.15) is 5.26 Å². The molecule has 0 aliphatic heterocycles. The Balaban J connectivity index is 2.49. The van der Waals surface area contributed by atoms with Gasteiger partial charge in [0.25, 0.3) is 0 Å². The highest BCUT2D eigenvalue weighted by Crippen LogP contribution is 2.23. The summed E-state index contributed by atoms with van der Waals surface area (Å²) in [6.07, 6.45) is 1.86. The number of nitrogens with zero attached hydrogens (tertiary/aromatic N) is 1. The number of benzene rings is 1. The number of aromatic nitrogens is 1. The van der Waals surface area contributed by atoms with E-state index in [4.69, 9.17) is 10.00 Å². The molecule has 1 N–H and O–H groups in total. The second kappa shape index (κ2) is 3.66. The van der Waals surface area contributed by atoms with Gasteiger partial charge in [0.1, 0.15) is 11.8 Å². The van der Waals surface area contributed by atoms with Crippen LogP contribution in [-0.2, 0) is 0 Å². The van der Waals surface area contributed by atoms with E-state index in [-0.39, 0.29) is 6.10 Å². The molecule has 0 saturated carbocycles. The molecule has 0 atom stereocenters. The summed E-state index contributed by atoms with van der Waals surface area (Å²) in [7, 11) is 0. The van der Waals surface area contributed by atoms with Crippen LogP contribution in [0.15, 0.2) is 24.4 Å². The van der Waals surface area contributed by atoms with Crippen LogP contribution < -0.4 is 4.74 Å². The zero-order valence-corrected chi connectivity index (χ0v) is 8.74. The lowest BCUT2D eigenvalue weighted by Crippen LogP contribution is -2.05. The highest BCUT2D eigenvalue weighted by Gasteiger charge is 2.05. The first-order valence-corrected chi connectivity index (χ1v) is 4.88. The molecule has 2 rings (SSSR count). The molecule has 0 saturated heterocycles. The van der Waals surface area contributed by atoms with Crippen molar-refractivity contribution < 1.29 is 4.74 Å². The quantitative estimate of drug-likeness (QED) is 0.810. The fourth-order valence-electron chi connectivity index (χ4n) is 1.54. The predicted octanol–water partition coefficient (Wildman–Crippen LogP) is 2.83. The number of hydrogen-bond acceptors (Lipinski definition) is 2. The number of hydrogen-bond donors (Lipinski definition) is 1. The van der Waals surface area contributed by atoms with Gasteiger partial charge in [0.15, 0.2) is 0 Å². The minimum atomic E-state index is 0.145. The first-order chi connectivity index (χ1) is 7.20. The first kappa shape index (κ1) is 9.60. The Labute approximate surface area is 88.3 Å². The average molecular weight is 200 g/mol. The lowest BCUT2D eigenvalue weighted by Gasteiger charge is -2.09. The smallest absolute Gasteiger partial charge is 0.120 e. The van der Waals surface area contributed by atoms with E-state index in [0.717, 1.165) is 16.7 Å². The summed E-state index contributed by atoms with van der Waals surface area (Å²) in [6.45, 7) is 3.96. The number of nitrogens with one attached hydrogen (secondary N) is 1. The van der Waals surface area contributed by atoms with Gasteiger partial charge in [-0.15, -0.1) is 0 Å². The second-order valence-electron chi connectivity index (χ2n) is 3.69. The van der Waals surface area contributed by atoms with Gasteiger partial charge in [-0.1, -0.05) is 0 Å². The van der Waals surface area contributed by atoms with E-state index < -0.39 is 0 Å². The summed E-state index contributed by atoms with van der Waals surface area (Å²) in [6, 6.07) is 7.86. The molecule has 0 spiro atoms. The molecule has 0 unspecified atom stereocenters. The predicted molar refractivity (Wildman–Crippen MR) is 58.8 cm³/mol. The monoisotopic (exact) mass is 200 g/mol. The van der Waals surface area contributed by atoms with Crippen molar-refractivity contribution in [1.82, 2.24) is 4.98 Å². The third kappa shape index (κ3) is 1.79. The van der Waals surface area contributed by atoms with Crippen LogP contribution in [0.2, 0.25) is 0 Å². The van der Waals surface area contributed by atoms with Crippen molar-refractivity contribution in [1.29, 1.82) is 5.26 Å². The second-order valence-corrected chi connectivity index (χ2v) is 3.69. The normalized spacial score (nSPS) is 10.5. The molecule has 3 heteroatoms. The summed E-state index contributed by atoms with van der Waals surface area (Å²) in [5, 5.41) is 9.80. The average Bonchev–Trinajstić information content (AvgIpc) is 2.59. The maximum absolute atomic E-state index is 8.89. The van der Waals surface area contributed by atoms with Gasteiger partial charge in [-0.05, 0) is 32.0 Å². The number of H-pyrrole nitrogens is 1. The van der Waals surface area contributed by atoms with Crippen molar-refractivity contribution in [2.75, 3.05) is 0 Å².